The Bertz CT molecular complexity index is 518. The van der Waals surface area contributed by atoms with E-state index in [1.54, 1.807) is 24.4 Å². The second kappa shape index (κ2) is 4.44. The van der Waals surface area contributed by atoms with E-state index in [2.05, 4.69) is 31.2 Å². The first kappa shape index (κ1) is 10.8. The minimum absolute atomic E-state index is 0.320. The Morgan fingerprint density at radius 3 is 2.81 bits per heavy atom. The highest BCUT2D eigenvalue weighted by Crippen LogP contribution is 2.21. The Labute approximate surface area is 99.9 Å². The van der Waals surface area contributed by atoms with E-state index < -0.39 is 0 Å². The smallest absolute Gasteiger partial charge is 0.229 e. The quantitative estimate of drug-likeness (QED) is 0.889. The predicted octanol–water partition coefficient (Wildman–Crippen LogP) is 2.70. The maximum atomic E-state index is 13.0. The van der Waals surface area contributed by atoms with Gasteiger partial charge in [-0.25, -0.2) is 9.37 Å². The molecule has 0 atom stereocenters. The summed E-state index contributed by atoms with van der Waals surface area (Å²) in [6, 6.07) is 6.12. The molecule has 3 N–H and O–H groups in total. The fourth-order valence-electron chi connectivity index (χ4n) is 1.14. The van der Waals surface area contributed by atoms with Crippen LogP contribution in [0.3, 0.4) is 0 Å². The standard InChI is InChI=1S/C10H8BrFN4/c11-7-5-6(1-2-8(7)12)15-10-14-4-3-9(13)16-10/h1-5H,(H3,13,14,15,16). The summed E-state index contributed by atoms with van der Waals surface area (Å²) in [5.74, 6) is 0.427. The molecule has 0 amide bonds. The van der Waals surface area contributed by atoms with Gasteiger partial charge in [0.15, 0.2) is 0 Å². The van der Waals surface area contributed by atoms with E-state index in [0.717, 1.165) is 0 Å². The molecule has 82 valence electrons. The molecular formula is C10H8BrFN4. The van der Waals surface area contributed by atoms with Crippen molar-refractivity contribution in [2.75, 3.05) is 11.1 Å². The van der Waals surface area contributed by atoms with Crippen molar-refractivity contribution in [3.05, 3.63) is 40.8 Å². The molecule has 0 aliphatic heterocycles. The highest BCUT2D eigenvalue weighted by molar-refractivity contribution is 9.10. The second-order valence-electron chi connectivity index (χ2n) is 3.06. The molecule has 16 heavy (non-hydrogen) atoms. The number of nitrogens with one attached hydrogen (secondary N) is 1. The van der Waals surface area contributed by atoms with Gasteiger partial charge in [-0.15, -0.1) is 0 Å². The van der Waals surface area contributed by atoms with E-state index in [-0.39, 0.29) is 5.82 Å². The molecule has 6 heteroatoms. The van der Waals surface area contributed by atoms with Crippen LogP contribution < -0.4 is 11.1 Å². The molecule has 0 saturated carbocycles. The minimum Gasteiger partial charge on any atom is -0.384 e. The third-order valence-electron chi connectivity index (χ3n) is 1.85. The summed E-state index contributed by atoms with van der Waals surface area (Å²) in [4.78, 5) is 7.94. The predicted molar refractivity (Wildman–Crippen MR) is 63.8 cm³/mol. The Morgan fingerprint density at radius 1 is 1.31 bits per heavy atom. The Balaban J connectivity index is 2.24. The van der Waals surface area contributed by atoms with Gasteiger partial charge in [0.2, 0.25) is 5.95 Å². The van der Waals surface area contributed by atoms with Gasteiger partial charge in [0, 0.05) is 11.9 Å². The SMILES string of the molecule is Nc1ccnc(Nc2ccc(F)c(Br)c2)n1. The molecule has 2 rings (SSSR count). The van der Waals surface area contributed by atoms with Crippen LogP contribution in [-0.2, 0) is 0 Å². The van der Waals surface area contributed by atoms with Crippen molar-refractivity contribution in [3.8, 4) is 0 Å². The van der Waals surface area contributed by atoms with E-state index in [1.807, 2.05) is 0 Å². The topological polar surface area (TPSA) is 63.8 Å². The fourth-order valence-corrected chi connectivity index (χ4v) is 1.51. The Hall–Kier alpha value is -1.69. The molecule has 1 aromatic heterocycles. The van der Waals surface area contributed by atoms with E-state index in [4.69, 9.17) is 5.73 Å². The van der Waals surface area contributed by atoms with Crippen LogP contribution >= 0.6 is 15.9 Å². The molecule has 0 unspecified atom stereocenters. The summed E-state index contributed by atoms with van der Waals surface area (Å²) in [5, 5.41) is 2.91. The van der Waals surface area contributed by atoms with Crippen LogP contribution in [0.15, 0.2) is 34.9 Å². The normalized spacial score (nSPS) is 10.1. The fraction of sp³-hybridized carbons (Fsp3) is 0. The minimum atomic E-state index is -0.320. The van der Waals surface area contributed by atoms with Gasteiger partial charge in [-0.3, -0.25) is 0 Å². The van der Waals surface area contributed by atoms with Gasteiger partial charge >= 0.3 is 0 Å². The molecule has 4 nitrogen and oxygen atoms in total. The molecule has 0 saturated heterocycles. The number of hydrogen-bond donors (Lipinski definition) is 2. The van der Waals surface area contributed by atoms with Crippen LogP contribution in [0.4, 0.5) is 21.8 Å². The average Bonchev–Trinajstić information content (AvgIpc) is 2.24. The highest BCUT2D eigenvalue weighted by atomic mass is 79.9. The average molecular weight is 283 g/mol. The molecule has 0 fully saturated rings. The molecule has 2 aromatic rings. The second-order valence-corrected chi connectivity index (χ2v) is 3.91. The van der Waals surface area contributed by atoms with Crippen LogP contribution in [0.5, 0.6) is 0 Å². The highest BCUT2D eigenvalue weighted by Gasteiger charge is 2.02. The number of nitrogens with zero attached hydrogens (tertiary/aromatic N) is 2. The molecule has 0 aliphatic carbocycles. The summed E-state index contributed by atoms with van der Waals surface area (Å²) in [5.41, 5.74) is 6.19. The van der Waals surface area contributed by atoms with Gasteiger partial charge < -0.3 is 11.1 Å². The molecule has 1 aromatic carbocycles. The zero-order valence-corrected chi connectivity index (χ0v) is 9.70. The Kier molecular flexibility index (Phi) is 3.00. The first-order valence-corrected chi connectivity index (χ1v) is 5.25. The van der Waals surface area contributed by atoms with Gasteiger partial charge in [-0.05, 0) is 40.2 Å². The van der Waals surface area contributed by atoms with Gasteiger partial charge in [-0.1, -0.05) is 0 Å². The van der Waals surface area contributed by atoms with E-state index in [1.165, 1.54) is 6.07 Å². The number of nitrogen functional groups attached to an aromatic ring is 1. The molecule has 0 radical (unpaired) electrons. The van der Waals surface area contributed by atoms with Crippen molar-refractivity contribution < 1.29 is 4.39 Å². The van der Waals surface area contributed by atoms with Crippen molar-refractivity contribution in [2.45, 2.75) is 0 Å². The summed E-state index contributed by atoms with van der Waals surface area (Å²) in [6.07, 6.45) is 1.54. The van der Waals surface area contributed by atoms with Crippen LogP contribution in [0.1, 0.15) is 0 Å². The lowest BCUT2D eigenvalue weighted by atomic mass is 10.3. The maximum Gasteiger partial charge on any atom is 0.229 e. The summed E-state index contributed by atoms with van der Waals surface area (Å²) < 4.78 is 13.4. The summed E-state index contributed by atoms with van der Waals surface area (Å²) >= 11 is 3.09. The zero-order chi connectivity index (χ0) is 11.5. The lowest BCUT2D eigenvalue weighted by Crippen LogP contribution is -1.99. The third kappa shape index (κ3) is 2.46. The van der Waals surface area contributed by atoms with Crippen molar-refractivity contribution in [2.24, 2.45) is 0 Å². The number of rotatable bonds is 2. The monoisotopic (exact) mass is 282 g/mol. The number of benzene rings is 1. The van der Waals surface area contributed by atoms with Crippen LogP contribution in [0.2, 0.25) is 0 Å². The van der Waals surface area contributed by atoms with Crippen molar-refractivity contribution in [1.82, 2.24) is 9.97 Å². The third-order valence-corrected chi connectivity index (χ3v) is 2.46. The van der Waals surface area contributed by atoms with Crippen molar-refractivity contribution in [3.63, 3.8) is 0 Å². The molecule has 1 heterocycles. The number of halogens is 2. The number of anilines is 3. The number of hydrogen-bond acceptors (Lipinski definition) is 4. The zero-order valence-electron chi connectivity index (χ0n) is 8.11. The molecule has 0 spiro atoms. The van der Waals surface area contributed by atoms with E-state index >= 15 is 0 Å². The molecular weight excluding hydrogens is 275 g/mol. The first-order chi connectivity index (χ1) is 7.65. The largest absolute Gasteiger partial charge is 0.384 e. The summed E-state index contributed by atoms with van der Waals surface area (Å²) in [6.45, 7) is 0. The van der Waals surface area contributed by atoms with Gasteiger partial charge in [-0.2, -0.15) is 4.98 Å². The molecule has 0 aliphatic rings. The van der Waals surface area contributed by atoms with Crippen LogP contribution in [0, 0.1) is 5.82 Å². The Morgan fingerprint density at radius 2 is 2.12 bits per heavy atom. The number of nitrogens with two attached hydrogens (primary N) is 1. The van der Waals surface area contributed by atoms with Crippen molar-refractivity contribution >= 4 is 33.4 Å². The molecule has 0 bridgehead atoms. The van der Waals surface area contributed by atoms with E-state index in [0.29, 0.717) is 21.9 Å². The van der Waals surface area contributed by atoms with Gasteiger partial charge in [0.1, 0.15) is 11.6 Å². The van der Waals surface area contributed by atoms with Gasteiger partial charge in [0.05, 0.1) is 4.47 Å². The first-order valence-electron chi connectivity index (χ1n) is 4.46. The van der Waals surface area contributed by atoms with Crippen LogP contribution in [-0.4, -0.2) is 9.97 Å². The van der Waals surface area contributed by atoms with Gasteiger partial charge in [0.25, 0.3) is 0 Å². The van der Waals surface area contributed by atoms with E-state index in [9.17, 15) is 4.39 Å². The number of aromatic nitrogens is 2. The summed E-state index contributed by atoms with van der Waals surface area (Å²) in [7, 11) is 0. The lowest BCUT2D eigenvalue weighted by Gasteiger charge is -2.05. The van der Waals surface area contributed by atoms with Crippen LogP contribution in [0.25, 0.3) is 0 Å². The van der Waals surface area contributed by atoms with Crippen molar-refractivity contribution in [1.29, 1.82) is 0 Å². The maximum absolute atomic E-state index is 13.0. The lowest BCUT2D eigenvalue weighted by molar-refractivity contribution is 0.621.